The van der Waals surface area contributed by atoms with Crippen LogP contribution in [-0.2, 0) is 24.8 Å². The summed E-state index contributed by atoms with van der Waals surface area (Å²) in [5.41, 5.74) is 7.65. The van der Waals surface area contributed by atoms with E-state index in [-0.39, 0.29) is 0 Å². The number of nitrogens with zero attached hydrogens (tertiary/aromatic N) is 1. The Morgan fingerprint density at radius 1 is 1.62 bits per heavy atom. The molecule has 0 saturated heterocycles. The molecular formula is C9H15ClN2O. The smallest absolute Gasteiger partial charge is 0.114 e. The normalized spacial score (nSPS) is 10.8. The van der Waals surface area contributed by atoms with Crippen LogP contribution < -0.4 is 5.73 Å². The first-order valence-electron chi connectivity index (χ1n) is 4.22. The van der Waals surface area contributed by atoms with Gasteiger partial charge < -0.3 is 15.0 Å². The van der Waals surface area contributed by atoms with Crippen molar-refractivity contribution in [1.29, 1.82) is 0 Å². The maximum atomic E-state index is 6.07. The van der Waals surface area contributed by atoms with Crippen LogP contribution in [0.3, 0.4) is 0 Å². The summed E-state index contributed by atoms with van der Waals surface area (Å²) >= 11 is 6.07. The summed E-state index contributed by atoms with van der Waals surface area (Å²) in [7, 11) is 3.60. The van der Waals surface area contributed by atoms with Crippen LogP contribution in [0.5, 0.6) is 0 Å². The number of aromatic nitrogens is 1. The summed E-state index contributed by atoms with van der Waals surface area (Å²) in [4.78, 5) is 0. The molecule has 0 aromatic carbocycles. The van der Waals surface area contributed by atoms with Gasteiger partial charge in [0.25, 0.3) is 0 Å². The fraction of sp³-hybridized carbons (Fsp3) is 0.556. The first-order chi connectivity index (χ1) is 6.20. The standard InChI is InChI=1S/C9H15ClN2O/c1-12-8(3-4-11)5-7(6-13-2)9(12)10/h5H,3-4,6,11H2,1-2H3. The van der Waals surface area contributed by atoms with Gasteiger partial charge in [0.15, 0.2) is 0 Å². The second-order valence-electron chi connectivity index (χ2n) is 2.98. The predicted octanol–water partition coefficient (Wildman–Crippen LogP) is 1.33. The fourth-order valence-corrected chi connectivity index (χ4v) is 1.56. The van der Waals surface area contributed by atoms with Crippen LogP contribution in [0, 0.1) is 0 Å². The van der Waals surface area contributed by atoms with Crippen molar-refractivity contribution >= 4 is 11.6 Å². The zero-order valence-electron chi connectivity index (χ0n) is 8.01. The van der Waals surface area contributed by atoms with E-state index in [4.69, 9.17) is 22.1 Å². The first-order valence-corrected chi connectivity index (χ1v) is 4.60. The van der Waals surface area contributed by atoms with E-state index in [0.29, 0.717) is 13.2 Å². The monoisotopic (exact) mass is 202 g/mol. The molecule has 0 amide bonds. The van der Waals surface area contributed by atoms with Crippen LogP contribution in [-0.4, -0.2) is 18.2 Å². The van der Waals surface area contributed by atoms with Gasteiger partial charge in [-0.2, -0.15) is 0 Å². The topological polar surface area (TPSA) is 40.2 Å². The zero-order chi connectivity index (χ0) is 9.84. The molecule has 0 unspecified atom stereocenters. The third-order valence-electron chi connectivity index (χ3n) is 2.03. The van der Waals surface area contributed by atoms with Crippen LogP contribution in [0.15, 0.2) is 6.07 Å². The van der Waals surface area contributed by atoms with Gasteiger partial charge in [-0.15, -0.1) is 0 Å². The zero-order valence-corrected chi connectivity index (χ0v) is 8.77. The number of nitrogens with two attached hydrogens (primary N) is 1. The molecule has 74 valence electrons. The highest BCUT2D eigenvalue weighted by atomic mass is 35.5. The maximum Gasteiger partial charge on any atom is 0.114 e. The Morgan fingerprint density at radius 2 is 2.31 bits per heavy atom. The van der Waals surface area contributed by atoms with Crippen molar-refractivity contribution in [3.8, 4) is 0 Å². The Hall–Kier alpha value is -0.510. The number of methoxy groups -OCH3 is 1. The molecule has 1 heterocycles. The van der Waals surface area contributed by atoms with Crippen LogP contribution in [0.1, 0.15) is 11.3 Å². The van der Waals surface area contributed by atoms with Gasteiger partial charge in [-0.05, 0) is 19.0 Å². The molecule has 1 aromatic heterocycles. The van der Waals surface area contributed by atoms with E-state index in [1.165, 1.54) is 0 Å². The van der Waals surface area contributed by atoms with Gasteiger partial charge in [-0.1, -0.05) is 11.6 Å². The lowest BCUT2D eigenvalue weighted by Crippen LogP contribution is -2.06. The number of ether oxygens (including phenoxy) is 1. The third-order valence-corrected chi connectivity index (χ3v) is 2.53. The van der Waals surface area contributed by atoms with Crippen molar-refractivity contribution in [2.45, 2.75) is 13.0 Å². The Kier molecular flexibility index (Phi) is 3.78. The molecule has 2 N–H and O–H groups in total. The number of rotatable bonds is 4. The molecule has 1 aromatic rings. The molecule has 13 heavy (non-hydrogen) atoms. The minimum absolute atomic E-state index is 0.553. The number of hydrogen-bond donors (Lipinski definition) is 1. The van der Waals surface area contributed by atoms with Crippen molar-refractivity contribution in [1.82, 2.24) is 4.57 Å². The van der Waals surface area contributed by atoms with E-state index < -0.39 is 0 Å². The minimum atomic E-state index is 0.553. The highest BCUT2D eigenvalue weighted by Gasteiger charge is 2.09. The molecule has 0 radical (unpaired) electrons. The SMILES string of the molecule is COCc1cc(CCN)n(C)c1Cl. The van der Waals surface area contributed by atoms with Gasteiger partial charge in [0.1, 0.15) is 5.15 Å². The predicted molar refractivity (Wildman–Crippen MR) is 53.9 cm³/mol. The minimum Gasteiger partial charge on any atom is -0.380 e. The Bertz CT molecular complexity index is 257. The van der Waals surface area contributed by atoms with Gasteiger partial charge in [-0.25, -0.2) is 0 Å². The molecule has 4 heteroatoms. The van der Waals surface area contributed by atoms with Gasteiger partial charge in [-0.3, -0.25) is 0 Å². The quantitative estimate of drug-likeness (QED) is 0.800. The van der Waals surface area contributed by atoms with Crippen molar-refractivity contribution in [3.63, 3.8) is 0 Å². The fourth-order valence-electron chi connectivity index (χ4n) is 1.34. The lowest BCUT2D eigenvalue weighted by molar-refractivity contribution is 0.185. The summed E-state index contributed by atoms with van der Waals surface area (Å²) in [6, 6.07) is 2.04. The second kappa shape index (κ2) is 4.65. The van der Waals surface area contributed by atoms with E-state index in [1.807, 2.05) is 17.7 Å². The first kappa shape index (κ1) is 10.6. The molecule has 0 aliphatic rings. The van der Waals surface area contributed by atoms with E-state index in [9.17, 15) is 0 Å². The van der Waals surface area contributed by atoms with Crippen molar-refractivity contribution < 1.29 is 4.74 Å². The van der Waals surface area contributed by atoms with Crippen LogP contribution in [0.25, 0.3) is 0 Å². The molecule has 0 fully saturated rings. The van der Waals surface area contributed by atoms with Crippen molar-refractivity contribution in [2.75, 3.05) is 13.7 Å². The Labute approximate surface area is 83.4 Å². The maximum absolute atomic E-state index is 6.07. The number of halogens is 1. The second-order valence-corrected chi connectivity index (χ2v) is 3.34. The van der Waals surface area contributed by atoms with E-state index >= 15 is 0 Å². The molecule has 1 rings (SSSR count). The number of hydrogen-bond acceptors (Lipinski definition) is 2. The molecule has 0 aliphatic heterocycles. The Balaban J connectivity index is 2.90. The molecule has 0 aliphatic carbocycles. The average Bonchev–Trinajstić information content (AvgIpc) is 2.36. The van der Waals surface area contributed by atoms with Crippen LogP contribution in [0.2, 0.25) is 5.15 Å². The van der Waals surface area contributed by atoms with Crippen LogP contribution >= 0.6 is 11.6 Å². The lowest BCUT2D eigenvalue weighted by Gasteiger charge is -2.01. The molecule has 0 atom stereocenters. The highest BCUT2D eigenvalue weighted by Crippen LogP contribution is 2.21. The van der Waals surface area contributed by atoms with E-state index in [2.05, 4.69) is 0 Å². The van der Waals surface area contributed by atoms with Gasteiger partial charge >= 0.3 is 0 Å². The van der Waals surface area contributed by atoms with Crippen molar-refractivity contribution in [2.24, 2.45) is 12.8 Å². The largest absolute Gasteiger partial charge is 0.380 e. The van der Waals surface area contributed by atoms with Crippen molar-refractivity contribution in [3.05, 3.63) is 22.5 Å². The summed E-state index contributed by atoms with van der Waals surface area (Å²) in [5, 5.41) is 0.741. The summed E-state index contributed by atoms with van der Waals surface area (Å²) in [6.07, 6.45) is 0.847. The van der Waals surface area contributed by atoms with Gasteiger partial charge in [0.05, 0.1) is 6.61 Å². The van der Waals surface area contributed by atoms with Gasteiger partial charge in [0.2, 0.25) is 0 Å². The third kappa shape index (κ3) is 2.24. The molecule has 0 bridgehead atoms. The highest BCUT2D eigenvalue weighted by molar-refractivity contribution is 6.30. The molecule has 3 nitrogen and oxygen atoms in total. The lowest BCUT2D eigenvalue weighted by atomic mass is 10.3. The van der Waals surface area contributed by atoms with E-state index in [0.717, 1.165) is 22.8 Å². The Morgan fingerprint density at radius 3 is 2.85 bits per heavy atom. The summed E-state index contributed by atoms with van der Waals surface area (Å²) in [6.45, 7) is 1.19. The molecule has 0 spiro atoms. The summed E-state index contributed by atoms with van der Waals surface area (Å²) in [5.74, 6) is 0. The van der Waals surface area contributed by atoms with Gasteiger partial charge in [0, 0.05) is 25.4 Å². The molecular weight excluding hydrogens is 188 g/mol. The average molecular weight is 203 g/mol. The van der Waals surface area contributed by atoms with Crippen LogP contribution in [0.4, 0.5) is 0 Å². The summed E-state index contributed by atoms with van der Waals surface area (Å²) < 4.78 is 6.97. The van der Waals surface area contributed by atoms with E-state index in [1.54, 1.807) is 7.11 Å². The molecule has 0 saturated carbocycles.